The SMILES string of the molecule is Cc1cc(C(=O)N2Cc3c(C(=O)NCc4ccccc4-c4ncccn4)n(-c4ccc(OC[C@H](C)N(C)C)cc4)c(=O)n3CC2C)ccc1Br. The second kappa shape index (κ2) is 14.8. The van der Waals surface area contributed by atoms with Crippen LogP contribution in [0.2, 0.25) is 0 Å². The van der Waals surface area contributed by atoms with E-state index in [0.29, 0.717) is 35.1 Å². The van der Waals surface area contributed by atoms with Crippen molar-refractivity contribution in [2.24, 2.45) is 0 Å². The number of fused-ring (bicyclic) bond motifs is 1. The van der Waals surface area contributed by atoms with Gasteiger partial charge in [0.1, 0.15) is 18.1 Å². The van der Waals surface area contributed by atoms with Crippen LogP contribution in [0.3, 0.4) is 0 Å². The molecule has 0 fully saturated rings. The molecule has 0 saturated carbocycles. The van der Waals surface area contributed by atoms with Crippen molar-refractivity contribution in [3.05, 3.63) is 128 Å². The van der Waals surface area contributed by atoms with Crippen LogP contribution in [0.15, 0.2) is 94.5 Å². The van der Waals surface area contributed by atoms with Crippen LogP contribution < -0.4 is 15.7 Å². The van der Waals surface area contributed by atoms with Gasteiger partial charge < -0.3 is 19.9 Å². The van der Waals surface area contributed by atoms with Crippen LogP contribution in [-0.2, 0) is 19.6 Å². The normalized spacial score (nSPS) is 14.7. The van der Waals surface area contributed by atoms with Crippen LogP contribution >= 0.6 is 15.9 Å². The van der Waals surface area contributed by atoms with Crippen molar-refractivity contribution in [1.82, 2.24) is 34.2 Å². The van der Waals surface area contributed by atoms with Gasteiger partial charge in [-0.25, -0.2) is 14.8 Å². The average molecular weight is 739 g/mol. The van der Waals surface area contributed by atoms with Crippen LogP contribution in [0.4, 0.5) is 0 Å². The Hall–Kier alpha value is -5.07. The highest BCUT2D eigenvalue weighted by Gasteiger charge is 2.35. The lowest BCUT2D eigenvalue weighted by Gasteiger charge is -2.34. The second-order valence-corrected chi connectivity index (χ2v) is 13.7. The quantitative estimate of drug-likeness (QED) is 0.202. The monoisotopic (exact) mass is 737 g/mol. The molecular weight excluding hydrogens is 698 g/mol. The number of aryl methyl sites for hydroxylation is 1. The summed E-state index contributed by atoms with van der Waals surface area (Å²) in [5.74, 6) is 0.585. The van der Waals surface area contributed by atoms with E-state index in [9.17, 15) is 14.4 Å². The maximum Gasteiger partial charge on any atom is 0.333 e. The summed E-state index contributed by atoms with van der Waals surface area (Å²) in [6.07, 6.45) is 3.35. The summed E-state index contributed by atoms with van der Waals surface area (Å²) in [4.78, 5) is 55.0. The Kier molecular flexibility index (Phi) is 10.3. The molecule has 50 heavy (non-hydrogen) atoms. The standard InChI is InChI=1S/C38H40BrN7O4/c1-24-19-27(11-16-32(24)39)37(48)44-22-33-34(36(47)42-20-28-9-6-7-10-31(28)35-40-17-8-18-41-35)46(38(49)45(33)21-25(44)2)29-12-14-30(15-13-29)50-23-26(3)43(4)5/h6-19,25-26H,20-23H2,1-5H3,(H,42,47)/t25?,26-/m0/s1. The number of hydrogen-bond acceptors (Lipinski definition) is 7. The van der Waals surface area contributed by atoms with Crippen LogP contribution in [0, 0.1) is 6.92 Å². The highest BCUT2D eigenvalue weighted by molar-refractivity contribution is 9.10. The zero-order valence-electron chi connectivity index (χ0n) is 28.8. The van der Waals surface area contributed by atoms with Gasteiger partial charge in [-0.15, -0.1) is 0 Å². The van der Waals surface area contributed by atoms with Crippen LogP contribution in [0.1, 0.15) is 51.5 Å². The molecule has 12 heteroatoms. The van der Waals surface area contributed by atoms with E-state index in [4.69, 9.17) is 4.74 Å². The summed E-state index contributed by atoms with van der Waals surface area (Å²) in [6.45, 7) is 6.90. The first-order chi connectivity index (χ1) is 24.0. The van der Waals surface area contributed by atoms with Crippen LogP contribution in [-0.4, -0.2) is 73.5 Å². The molecule has 5 aromatic rings. The number of imidazole rings is 1. The number of carbonyl (C=O) groups is 2. The minimum Gasteiger partial charge on any atom is -0.492 e. The second-order valence-electron chi connectivity index (χ2n) is 12.8. The lowest BCUT2D eigenvalue weighted by atomic mass is 10.1. The Bertz CT molecular complexity index is 2080. The number of nitrogens with one attached hydrogen (secondary N) is 1. The Morgan fingerprint density at radius 1 is 1.04 bits per heavy atom. The van der Waals surface area contributed by atoms with E-state index in [1.54, 1.807) is 58.3 Å². The van der Waals surface area contributed by atoms with Crippen molar-refractivity contribution < 1.29 is 14.3 Å². The molecule has 0 spiro atoms. The number of hydrogen-bond donors (Lipinski definition) is 1. The minimum atomic E-state index is -0.443. The Morgan fingerprint density at radius 2 is 1.76 bits per heavy atom. The van der Waals surface area contributed by atoms with Gasteiger partial charge in [-0.2, -0.15) is 0 Å². The Balaban J connectivity index is 1.37. The number of rotatable bonds is 10. The van der Waals surface area contributed by atoms with Crippen molar-refractivity contribution in [3.63, 3.8) is 0 Å². The molecule has 2 aromatic heterocycles. The van der Waals surface area contributed by atoms with Crippen molar-refractivity contribution in [2.45, 2.75) is 52.5 Å². The molecule has 2 atom stereocenters. The first-order valence-electron chi connectivity index (χ1n) is 16.5. The van der Waals surface area contributed by atoms with E-state index in [2.05, 4.69) is 43.0 Å². The highest BCUT2D eigenvalue weighted by Crippen LogP contribution is 2.27. The van der Waals surface area contributed by atoms with E-state index < -0.39 is 5.91 Å². The molecule has 11 nitrogen and oxygen atoms in total. The van der Waals surface area contributed by atoms with Gasteiger partial charge in [0.25, 0.3) is 11.8 Å². The van der Waals surface area contributed by atoms with Crippen molar-refractivity contribution in [3.8, 4) is 22.8 Å². The molecule has 0 saturated heterocycles. The van der Waals surface area contributed by atoms with Crippen molar-refractivity contribution in [2.75, 3.05) is 20.7 Å². The summed E-state index contributed by atoms with van der Waals surface area (Å²) < 4.78 is 9.95. The molecular formula is C38H40BrN7O4. The lowest BCUT2D eigenvalue weighted by Crippen LogP contribution is -2.47. The molecule has 0 radical (unpaired) electrons. The van der Waals surface area contributed by atoms with Gasteiger partial charge in [0.15, 0.2) is 5.82 Å². The van der Waals surface area contributed by atoms with Gasteiger partial charge in [-0.05, 0) is 94.5 Å². The van der Waals surface area contributed by atoms with Gasteiger partial charge in [-0.1, -0.05) is 40.2 Å². The minimum absolute atomic E-state index is 0.0815. The zero-order valence-corrected chi connectivity index (χ0v) is 30.3. The highest BCUT2D eigenvalue weighted by atomic mass is 79.9. The molecule has 6 rings (SSSR count). The van der Waals surface area contributed by atoms with E-state index in [-0.39, 0.29) is 49.0 Å². The van der Waals surface area contributed by atoms with Crippen LogP contribution in [0.25, 0.3) is 17.1 Å². The van der Waals surface area contributed by atoms with Gasteiger partial charge in [-0.3, -0.25) is 18.7 Å². The fraction of sp³-hybridized carbons (Fsp3) is 0.289. The third-order valence-corrected chi connectivity index (χ3v) is 10.0. The van der Waals surface area contributed by atoms with E-state index in [1.807, 2.05) is 64.3 Å². The molecule has 3 heterocycles. The number of carbonyl (C=O) groups excluding carboxylic acids is 2. The fourth-order valence-corrected chi connectivity index (χ4v) is 6.20. The van der Waals surface area contributed by atoms with Crippen molar-refractivity contribution >= 4 is 27.7 Å². The molecule has 3 aromatic carbocycles. The van der Waals surface area contributed by atoms with Gasteiger partial charge >= 0.3 is 5.69 Å². The van der Waals surface area contributed by atoms with E-state index in [1.165, 1.54) is 4.57 Å². The van der Waals surface area contributed by atoms with E-state index in [0.717, 1.165) is 21.2 Å². The molecule has 0 aliphatic carbocycles. The zero-order chi connectivity index (χ0) is 35.5. The summed E-state index contributed by atoms with van der Waals surface area (Å²) in [5.41, 5.74) is 3.89. The fourth-order valence-electron chi connectivity index (χ4n) is 5.95. The van der Waals surface area contributed by atoms with Crippen molar-refractivity contribution in [1.29, 1.82) is 0 Å². The number of likely N-dealkylation sites (N-methyl/N-ethyl adjacent to an activating group) is 1. The summed E-state index contributed by atoms with van der Waals surface area (Å²) in [6, 6.07) is 21.9. The third-order valence-electron chi connectivity index (χ3n) is 9.16. The Labute approximate surface area is 299 Å². The number of amides is 2. The number of nitrogens with zero attached hydrogens (tertiary/aromatic N) is 6. The number of benzene rings is 3. The first-order valence-corrected chi connectivity index (χ1v) is 17.3. The third kappa shape index (κ3) is 7.12. The van der Waals surface area contributed by atoms with Gasteiger partial charge in [0.05, 0.1) is 17.9 Å². The predicted octanol–water partition coefficient (Wildman–Crippen LogP) is 5.47. The molecule has 1 unspecified atom stereocenters. The molecule has 1 aliphatic rings. The largest absolute Gasteiger partial charge is 0.492 e. The summed E-state index contributed by atoms with van der Waals surface area (Å²) in [5, 5.41) is 3.05. The smallest absolute Gasteiger partial charge is 0.333 e. The maximum absolute atomic E-state index is 14.3. The lowest BCUT2D eigenvalue weighted by molar-refractivity contribution is 0.0610. The van der Waals surface area contributed by atoms with Gasteiger partial charge in [0.2, 0.25) is 0 Å². The summed E-state index contributed by atoms with van der Waals surface area (Å²) >= 11 is 3.51. The summed E-state index contributed by atoms with van der Waals surface area (Å²) in [7, 11) is 3.99. The molecule has 2 amide bonds. The number of ether oxygens (including phenoxy) is 1. The Morgan fingerprint density at radius 3 is 2.46 bits per heavy atom. The molecule has 0 bridgehead atoms. The number of halogens is 1. The first kappa shape index (κ1) is 34.8. The topological polar surface area (TPSA) is 115 Å². The van der Waals surface area contributed by atoms with E-state index >= 15 is 0 Å². The number of aromatic nitrogens is 4. The molecule has 1 aliphatic heterocycles. The average Bonchev–Trinajstić information content (AvgIpc) is 3.41. The predicted molar refractivity (Wildman–Crippen MR) is 196 cm³/mol. The maximum atomic E-state index is 14.3. The molecule has 258 valence electrons. The van der Waals surface area contributed by atoms with Gasteiger partial charge in [0, 0.05) is 53.2 Å². The van der Waals surface area contributed by atoms with Crippen LogP contribution in [0.5, 0.6) is 5.75 Å². The molecule has 1 N–H and O–H groups in total.